The van der Waals surface area contributed by atoms with Crippen molar-refractivity contribution >= 4 is 17.1 Å². The largest absolute Gasteiger partial charge is 0.453 e. The van der Waals surface area contributed by atoms with Gasteiger partial charge in [0, 0.05) is 23.8 Å². The second-order valence-corrected chi connectivity index (χ2v) is 5.87. The molecule has 0 fully saturated rings. The van der Waals surface area contributed by atoms with Crippen molar-refractivity contribution in [3.05, 3.63) is 65.0 Å². The Hall–Kier alpha value is -2.96. The number of fused-ring (bicyclic) bond motifs is 3. The Morgan fingerprint density at radius 3 is 2.76 bits per heavy atom. The van der Waals surface area contributed by atoms with Crippen molar-refractivity contribution in [2.24, 2.45) is 0 Å². The number of hydrogen-bond donors (Lipinski definition) is 1. The molecule has 0 spiro atoms. The van der Waals surface area contributed by atoms with E-state index in [1.807, 2.05) is 12.1 Å². The maximum absolute atomic E-state index is 14.5. The summed E-state index contributed by atoms with van der Waals surface area (Å²) in [6, 6.07) is 6.44. The summed E-state index contributed by atoms with van der Waals surface area (Å²) in [5, 5.41) is 0.892. The number of carbonyl (C=O) groups excluding carboxylic acids is 1. The van der Waals surface area contributed by atoms with Gasteiger partial charge in [0.05, 0.1) is 12.7 Å². The summed E-state index contributed by atoms with van der Waals surface area (Å²) in [5.41, 5.74) is 1.92. The highest BCUT2D eigenvalue weighted by Crippen LogP contribution is 2.39. The van der Waals surface area contributed by atoms with Crippen molar-refractivity contribution in [1.82, 2.24) is 14.9 Å². The van der Waals surface area contributed by atoms with Crippen LogP contribution < -0.4 is 0 Å². The Kier molecular flexibility index (Phi) is 3.63. The lowest BCUT2D eigenvalue weighted by Crippen LogP contribution is -2.41. The van der Waals surface area contributed by atoms with E-state index in [2.05, 4.69) is 9.97 Å². The molecule has 3 heterocycles. The zero-order chi connectivity index (χ0) is 17.6. The number of ether oxygens (including phenoxy) is 1. The molecular formula is C18H15F2N3O2. The number of aromatic nitrogens is 2. The van der Waals surface area contributed by atoms with E-state index in [4.69, 9.17) is 4.74 Å². The smallest absolute Gasteiger partial charge is 0.410 e. The number of rotatable bonds is 1. The first-order valence-corrected chi connectivity index (χ1v) is 7.85. The minimum Gasteiger partial charge on any atom is -0.453 e. The number of methoxy groups -OCH3 is 1. The monoisotopic (exact) mass is 343 g/mol. The van der Waals surface area contributed by atoms with Crippen molar-refractivity contribution in [2.75, 3.05) is 13.7 Å². The molecule has 1 aliphatic rings. The summed E-state index contributed by atoms with van der Waals surface area (Å²) in [4.78, 5) is 21.0. The third-order valence-electron chi connectivity index (χ3n) is 4.58. The van der Waals surface area contributed by atoms with Crippen molar-refractivity contribution in [2.45, 2.75) is 12.5 Å². The predicted octanol–water partition coefficient (Wildman–Crippen LogP) is 3.56. The number of carbonyl (C=O) groups is 1. The van der Waals surface area contributed by atoms with Gasteiger partial charge in [-0.2, -0.15) is 0 Å². The van der Waals surface area contributed by atoms with Gasteiger partial charge in [-0.1, -0.05) is 6.07 Å². The molecule has 128 valence electrons. The molecule has 0 saturated heterocycles. The van der Waals surface area contributed by atoms with E-state index in [1.54, 1.807) is 6.20 Å². The van der Waals surface area contributed by atoms with Crippen LogP contribution in [-0.2, 0) is 11.2 Å². The average Bonchev–Trinajstić information content (AvgIpc) is 3.00. The Labute approximate surface area is 142 Å². The van der Waals surface area contributed by atoms with Gasteiger partial charge in [0.25, 0.3) is 0 Å². The molecule has 4 rings (SSSR count). The molecule has 1 aromatic carbocycles. The zero-order valence-electron chi connectivity index (χ0n) is 13.4. The summed E-state index contributed by atoms with van der Waals surface area (Å²) < 4.78 is 33.8. The predicted molar refractivity (Wildman–Crippen MR) is 87.1 cm³/mol. The Balaban J connectivity index is 1.98. The average molecular weight is 343 g/mol. The third-order valence-corrected chi connectivity index (χ3v) is 4.58. The molecule has 7 heteroatoms. The lowest BCUT2D eigenvalue weighted by atomic mass is 9.92. The van der Waals surface area contributed by atoms with Crippen LogP contribution in [0.25, 0.3) is 11.0 Å². The number of hydrogen-bond acceptors (Lipinski definition) is 3. The van der Waals surface area contributed by atoms with Gasteiger partial charge in [-0.15, -0.1) is 0 Å². The van der Waals surface area contributed by atoms with E-state index in [9.17, 15) is 13.6 Å². The van der Waals surface area contributed by atoms with E-state index in [0.29, 0.717) is 24.3 Å². The van der Waals surface area contributed by atoms with Gasteiger partial charge in [-0.05, 0) is 36.2 Å². The summed E-state index contributed by atoms with van der Waals surface area (Å²) in [6.07, 6.45) is 1.55. The molecule has 1 N–H and O–H groups in total. The van der Waals surface area contributed by atoms with Crippen LogP contribution in [0.15, 0.2) is 36.5 Å². The number of aromatic amines is 1. The number of pyridine rings is 1. The fraction of sp³-hybridized carbons (Fsp3) is 0.222. The van der Waals surface area contributed by atoms with Crippen LogP contribution in [0.1, 0.15) is 22.9 Å². The number of nitrogens with zero attached hydrogens (tertiary/aromatic N) is 2. The summed E-state index contributed by atoms with van der Waals surface area (Å²) in [6.45, 7) is 0.292. The fourth-order valence-electron chi connectivity index (χ4n) is 3.50. The molecule has 0 saturated carbocycles. The van der Waals surface area contributed by atoms with Crippen LogP contribution in [0.2, 0.25) is 0 Å². The highest BCUT2D eigenvalue weighted by Gasteiger charge is 2.38. The molecule has 1 atom stereocenters. The number of halogens is 2. The van der Waals surface area contributed by atoms with Gasteiger partial charge in [0.15, 0.2) is 0 Å². The number of H-pyrrole nitrogens is 1. The number of benzene rings is 1. The highest BCUT2D eigenvalue weighted by atomic mass is 19.1. The van der Waals surface area contributed by atoms with Crippen LogP contribution in [0.5, 0.6) is 0 Å². The third kappa shape index (κ3) is 2.34. The van der Waals surface area contributed by atoms with Crippen molar-refractivity contribution in [3.8, 4) is 0 Å². The van der Waals surface area contributed by atoms with Crippen LogP contribution in [0, 0.1) is 11.6 Å². The van der Waals surface area contributed by atoms with Gasteiger partial charge in [-0.25, -0.2) is 18.6 Å². The minimum atomic E-state index is -0.938. The van der Waals surface area contributed by atoms with Crippen LogP contribution in [0.4, 0.5) is 13.6 Å². The second-order valence-electron chi connectivity index (χ2n) is 5.87. The summed E-state index contributed by atoms with van der Waals surface area (Å²) in [5.74, 6) is -1.42. The van der Waals surface area contributed by atoms with E-state index >= 15 is 0 Å². The van der Waals surface area contributed by atoms with Crippen molar-refractivity contribution in [1.29, 1.82) is 0 Å². The van der Waals surface area contributed by atoms with Crippen molar-refractivity contribution < 1.29 is 18.3 Å². The normalized spacial score (nSPS) is 16.8. The highest BCUT2D eigenvalue weighted by molar-refractivity contribution is 5.83. The Morgan fingerprint density at radius 2 is 2.04 bits per heavy atom. The molecule has 0 radical (unpaired) electrons. The molecule has 3 aromatic rings. The second kappa shape index (κ2) is 5.84. The van der Waals surface area contributed by atoms with Gasteiger partial charge in [0.1, 0.15) is 23.3 Å². The van der Waals surface area contributed by atoms with E-state index < -0.39 is 23.8 Å². The molecule has 1 amide bonds. The maximum Gasteiger partial charge on any atom is 0.410 e. The fourth-order valence-corrected chi connectivity index (χ4v) is 3.50. The van der Waals surface area contributed by atoms with Crippen molar-refractivity contribution in [3.63, 3.8) is 0 Å². The summed E-state index contributed by atoms with van der Waals surface area (Å²) >= 11 is 0. The Bertz CT molecular complexity index is 950. The molecule has 2 aromatic heterocycles. The first-order valence-electron chi connectivity index (χ1n) is 7.85. The molecular weight excluding hydrogens is 328 g/mol. The molecule has 1 unspecified atom stereocenters. The standard InChI is InChI=1S/C18H15F2N3O2/c1-25-18(24)23-9-7-10-11-4-3-8-21-17(11)22-15(10)16(23)14-12(19)5-2-6-13(14)20/h2-6,8,16H,7,9H2,1H3,(H,21,22). The topological polar surface area (TPSA) is 58.2 Å². The first kappa shape index (κ1) is 15.6. The SMILES string of the molecule is COC(=O)N1CCc2c([nH]c3ncccc23)C1c1c(F)cccc1F. The molecule has 25 heavy (non-hydrogen) atoms. The Morgan fingerprint density at radius 1 is 1.28 bits per heavy atom. The first-order chi connectivity index (χ1) is 12.1. The van der Waals surface area contributed by atoms with E-state index in [0.717, 1.165) is 10.9 Å². The van der Waals surface area contributed by atoms with E-state index in [-0.39, 0.29) is 5.56 Å². The van der Waals surface area contributed by atoms with Gasteiger partial charge in [-0.3, -0.25) is 4.90 Å². The molecule has 0 bridgehead atoms. The quantitative estimate of drug-likeness (QED) is 0.735. The van der Waals surface area contributed by atoms with Crippen LogP contribution in [-0.4, -0.2) is 34.6 Å². The van der Waals surface area contributed by atoms with Gasteiger partial charge >= 0.3 is 6.09 Å². The van der Waals surface area contributed by atoms with Gasteiger partial charge in [0.2, 0.25) is 0 Å². The van der Waals surface area contributed by atoms with E-state index in [1.165, 1.54) is 30.2 Å². The molecule has 0 aliphatic carbocycles. The zero-order valence-corrected chi connectivity index (χ0v) is 13.4. The number of amides is 1. The summed E-state index contributed by atoms with van der Waals surface area (Å²) in [7, 11) is 1.25. The molecule has 5 nitrogen and oxygen atoms in total. The maximum atomic E-state index is 14.5. The molecule has 1 aliphatic heterocycles. The number of nitrogens with one attached hydrogen (secondary N) is 1. The minimum absolute atomic E-state index is 0.180. The van der Waals surface area contributed by atoms with Gasteiger partial charge < -0.3 is 9.72 Å². The van der Waals surface area contributed by atoms with Crippen LogP contribution in [0.3, 0.4) is 0 Å². The lowest BCUT2D eigenvalue weighted by molar-refractivity contribution is 0.107. The lowest BCUT2D eigenvalue weighted by Gasteiger charge is -2.35. The van der Waals surface area contributed by atoms with Crippen LogP contribution >= 0.6 is 0 Å².